The molecule has 0 heterocycles. The second-order valence-corrected chi connectivity index (χ2v) is 6.54. The maximum atomic E-state index is 6.26. The highest BCUT2D eigenvalue weighted by Crippen LogP contribution is 2.39. The van der Waals surface area contributed by atoms with Gasteiger partial charge in [0.05, 0.1) is 18.3 Å². The first-order valence-electron chi connectivity index (χ1n) is 6.75. The van der Waals surface area contributed by atoms with E-state index in [9.17, 15) is 0 Å². The van der Waals surface area contributed by atoms with Crippen molar-refractivity contribution in [3.05, 3.63) is 0 Å². The molecule has 17 heavy (non-hydrogen) atoms. The minimum Gasteiger partial charge on any atom is -0.382 e. The van der Waals surface area contributed by atoms with Crippen molar-refractivity contribution in [2.24, 2.45) is 11.8 Å². The molecule has 1 aliphatic rings. The Morgan fingerprint density at radius 1 is 1.24 bits per heavy atom. The summed E-state index contributed by atoms with van der Waals surface area (Å²) < 4.78 is 12.5. The van der Waals surface area contributed by atoms with Crippen molar-refractivity contribution in [3.63, 3.8) is 0 Å². The third-order valence-corrected chi connectivity index (χ3v) is 5.37. The normalized spacial score (nSPS) is 31.8. The summed E-state index contributed by atoms with van der Waals surface area (Å²) in [4.78, 5) is 0. The molecule has 1 saturated carbocycles. The third kappa shape index (κ3) is 4.67. The van der Waals surface area contributed by atoms with Crippen LogP contribution in [0.2, 0.25) is 0 Å². The largest absolute Gasteiger partial charge is 0.382 e. The summed E-state index contributed by atoms with van der Waals surface area (Å²) in [6.07, 6.45) is 5.28. The van der Waals surface area contributed by atoms with Gasteiger partial charge in [0, 0.05) is 11.5 Å². The average molecular weight is 354 g/mol. The molecule has 0 aromatic carbocycles. The van der Waals surface area contributed by atoms with Crippen LogP contribution in [0, 0.1) is 11.8 Å². The van der Waals surface area contributed by atoms with Crippen molar-refractivity contribution in [1.29, 1.82) is 0 Å². The molecule has 0 bridgehead atoms. The van der Waals surface area contributed by atoms with Gasteiger partial charge >= 0.3 is 0 Å². The van der Waals surface area contributed by atoms with E-state index in [2.05, 4.69) is 43.4 Å². The molecule has 1 unspecified atom stereocenters. The fourth-order valence-corrected chi connectivity index (χ4v) is 3.75. The van der Waals surface area contributed by atoms with Crippen LogP contribution in [-0.4, -0.2) is 29.8 Å². The molecule has 0 aromatic rings. The molecule has 1 fully saturated rings. The fourth-order valence-electron chi connectivity index (χ4n) is 2.81. The van der Waals surface area contributed by atoms with Crippen LogP contribution in [0.4, 0.5) is 0 Å². The SMILES string of the molecule is COCC(C)OC1(CI)CCC(C(C)C)CC1. The highest BCUT2D eigenvalue weighted by molar-refractivity contribution is 14.1. The van der Waals surface area contributed by atoms with Gasteiger partial charge in [0.2, 0.25) is 0 Å². The molecule has 1 atom stereocenters. The van der Waals surface area contributed by atoms with Crippen molar-refractivity contribution in [2.45, 2.75) is 58.2 Å². The van der Waals surface area contributed by atoms with Gasteiger partial charge in [-0.25, -0.2) is 0 Å². The van der Waals surface area contributed by atoms with E-state index in [0.29, 0.717) is 6.61 Å². The van der Waals surface area contributed by atoms with Crippen LogP contribution in [0.25, 0.3) is 0 Å². The van der Waals surface area contributed by atoms with E-state index in [1.54, 1.807) is 7.11 Å². The van der Waals surface area contributed by atoms with Gasteiger partial charge < -0.3 is 9.47 Å². The predicted octanol–water partition coefficient (Wildman–Crippen LogP) is 4.06. The summed E-state index contributed by atoms with van der Waals surface area (Å²) in [6, 6.07) is 0. The highest BCUT2D eigenvalue weighted by Gasteiger charge is 2.37. The number of hydrogen-bond donors (Lipinski definition) is 0. The van der Waals surface area contributed by atoms with E-state index in [-0.39, 0.29) is 11.7 Å². The molecule has 102 valence electrons. The molecule has 1 aliphatic carbocycles. The van der Waals surface area contributed by atoms with Crippen LogP contribution >= 0.6 is 22.6 Å². The molecule has 0 amide bonds. The van der Waals surface area contributed by atoms with Gasteiger partial charge in [-0.3, -0.25) is 0 Å². The number of rotatable bonds is 6. The Balaban J connectivity index is 2.49. The van der Waals surface area contributed by atoms with Crippen molar-refractivity contribution in [2.75, 3.05) is 18.1 Å². The van der Waals surface area contributed by atoms with E-state index < -0.39 is 0 Å². The Bertz CT molecular complexity index is 210. The van der Waals surface area contributed by atoms with Gasteiger partial charge in [-0.2, -0.15) is 0 Å². The van der Waals surface area contributed by atoms with Gasteiger partial charge in [-0.1, -0.05) is 36.4 Å². The Hall–Kier alpha value is 0.650. The molecule has 0 saturated heterocycles. The minimum absolute atomic E-state index is 0.115. The van der Waals surface area contributed by atoms with Crippen LogP contribution in [-0.2, 0) is 9.47 Å². The summed E-state index contributed by atoms with van der Waals surface area (Å²) >= 11 is 2.48. The predicted molar refractivity (Wildman–Crippen MR) is 80.8 cm³/mol. The Morgan fingerprint density at radius 3 is 2.24 bits per heavy atom. The van der Waals surface area contributed by atoms with Crippen molar-refractivity contribution in [3.8, 4) is 0 Å². The number of ether oxygens (including phenoxy) is 2. The number of alkyl halides is 1. The maximum absolute atomic E-state index is 6.26. The first kappa shape index (κ1) is 15.7. The Labute approximate surface area is 120 Å². The van der Waals surface area contributed by atoms with Crippen LogP contribution in [0.5, 0.6) is 0 Å². The second-order valence-electron chi connectivity index (χ2n) is 5.78. The maximum Gasteiger partial charge on any atom is 0.0788 e. The number of methoxy groups -OCH3 is 1. The molecule has 0 radical (unpaired) electrons. The molecule has 0 N–H and O–H groups in total. The Morgan fingerprint density at radius 2 is 1.82 bits per heavy atom. The summed E-state index contributed by atoms with van der Waals surface area (Å²) in [6.45, 7) is 7.50. The van der Waals surface area contributed by atoms with Gasteiger partial charge in [-0.15, -0.1) is 0 Å². The summed E-state index contributed by atoms with van der Waals surface area (Å²) in [7, 11) is 1.74. The third-order valence-electron chi connectivity index (χ3n) is 3.98. The first-order chi connectivity index (χ1) is 8.03. The second kappa shape index (κ2) is 7.29. The van der Waals surface area contributed by atoms with Crippen LogP contribution in [0.3, 0.4) is 0 Å². The molecule has 0 aliphatic heterocycles. The zero-order valence-corrected chi connectivity index (χ0v) is 13.8. The lowest BCUT2D eigenvalue weighted by Crippen LogP contribution is -2.43. The van der Waals surface area contributed by atoms with Crippen molar-refractivity contribution < 1.29 is 9.47 Å². The summed E-state index contributed by atoms with van der Waals surface area (Å²) in [5.41, 5.74) is 0.115. The molecular formula is C14H27IO2. The monoisotopic (exact) mass is 354 g/mol. The van der Waals surface area contributed by atoms with E-state index in [1.807, 2.05) is 0 Å². The molecule has 0 spiro atoms. The van der Waals surface area contributed by atoms with Crippen LogP contribution in [0.15, 0.2) is 0 Å². The van der Waals surface area contributed by atoms with Crippen molar-refractivity contribution >= 4 is 22.6 Å². The van der Waals surface area contributed by atoms with E-state index in [1.165, 1.54) is 25.7 Å². The quantitative estimate of drug-likeness (QED) is 0.529. The van der Waals surface area contributed by atoms with E-state index in [0.717, 1.165) is 16.3 Å². The Kier molecular flexibility index (Phi) is 6.74. The standard InChI is InChI=1S/C14H27IO2/c1-11(2)13-5-7-14(10-15,8-6-13)17-12(3)9-16-4/h11-13H,5-10H2,1-4H3. The average Bonchev–Trinajstić information content (AvgIpc) is 2.30. The van der Waals surface area contributed by atoms with Crippen LogP contribution < -0.4 is 0 Å². The lowest BCUT2D eigenvalue weighted by atomic mass is 9.75. The van der Waals surface area contributed by atoms with Gasteiger partial charge in [0.15, 0.2) is 0 Å². The number of hydrogen-bond acceptors (Lipinski definition) is 2. The first-order valence-corrected chi connectivity index (χ1v) is 8.28. The highest BCUT2D eigenvalue weighted by atomic mass is 127. The summed E-state index contributed by atoms with van der Waals surface area (Å²) in [5.74, 6) is 1.71. The topological polar surface area (TPSA) is 18.5 Å². The molecule has 3 heteroatoms. The zero-order valence-electron chi connectivity index (χ0n) is 11.7. The van der Waals surface area contributed by atoms with Gasteiger partial charge in [-0.05, 0) is 44.4 Å². The fraction of sp³-hybridized carbons (Fsp3) is 1.00. The molecule has 0 aromatic heterocycles. The van der Waals surface area contributed by atoms with E-state index >= 15 is 0 Å². The van der Waals surface area contributed by atoms with Crippen LogP contribution in [0.1, 0.15) is 46.5 Å². The smallest absolute Gasteiger partial charge is 0.0788 e. The lowest BCUT2D eigenvalue weighted by molar-refractivity contribution is -0.116. The molecular weight excluding hydrogens is 327 g/mol. The molecule has 2 nitrogen and oxygen atoms in total. The lowest BCUT2D eigenvalue weighted by Gasteiger charge is -2.41. The summed E-state index contributed by atoms with van der Waals surface area (Å²) in [5, 5.41) is 0. The van der Waals surface area contributed by atoms with Gasteiger partial charge in [0.25, 0.3) is 0 Å². The minimum atomic E-state index is 0.115. The molecule has 1 rings (SSSR count). The van der Waals surface area contributed by atoms with Crippen molar-refractivity contribution in [1.82, 2.24) is 0 Å². The van der Waals surface area contributed by atoms with E-state index in [4.69, 9.17) is 9.47 Å². The zero-order chi connectivity index (χ0) is 12.9. The van der Waals surface area contributed by atoms with Gasteiger partial charge in [0.1, 0.15) is 0 Å². The number of halogens is 1.